The van der Waals surface area contributed by atoms with E-state index in [9.17, 15) is 0 Å². The molecule has 0 aliphatic carbocycles. The lowest BCUT2D eigenvalue weighted by Gasteiger charge is -2.35. The second-order valence-electron chi connectivity index (χ2n) is 9.84. The summed E-state index contributed by atoms with van der Waals surface area (Å²) in [4.78, 5) is 12.7. The molecule has 0 radical (unpaired) electrons. The van der Waals surface area contributed by atoms with E-state index in [1.807, 2.05) is 0 Å². The van der Waals surface area contributed by atoms with E-state index in [1.165, 1.54) is 130 Å². The molecule has 0 amide bonds. The standard InChI is InChI=1S/C12H25N3.C11H23N3/c1-13-9-11-15(12-10-13)8-4-7-14-5-2-3-6-14;1-13-6-8-14(9-7-13)10-11-2-4-12-5-3-11/h2-12H2,1H3;11-12H,2-10H2,1H3. The lowest BCUT2D eigenvalue weighted by atomic mass is 9.97. The van der Waals surface area contributed by atoms with Gasteiger partial charge in [-0.05, 0) is 91.4 Å². The Morgan fingerprint density at radius 3 is 1.66 bits per heavy atom. The van der Waals surface area contributed by atoms with Crippen LogP contribution in [0, 0.1) is 5.92 Å². The van der Waals surface area contributed by atoms with Crippen molar-refractivity contribution in [2.24, 2.45) is 5.92 Å². The minimum absolute atomic E-state index is 0.958. The molecule has 170 valence electrons. The van der Waals surface area contributed by atoms with Crippen LogP contribution in [-0.2, 0) is 0 Å². The number of rotatable bonds is 6. The maximum atomic E-state index is 3.43. The monoisotopic (exact) mass is 408 g/mol. The van der Waals surface area contributed by atoms with Crippen LogP contribution in [0.4, 0.5) is 0 Å². The van der Waals surface area contributed by atoms with Gasteiger partial charge in [0.15, 0.2) is 0 Å². The molecule has 4 saturated heterocycles. The van der Waals surface area contributed by atoms with Crippen molar-refractivity contribution < 1.29 is 0 Å². The Kier molecular flexibility index (Phi) is 10.7. The second kappa shape index (κ2) is 13.2. The van der Waals surface area contributed by atoms with Crippen molar-refractivity contribution in [3.63, 3.8) is 0 Å². The Morgan fingerprint density at radius 1 is 0.621 bits per heavy atom. The molecule has 4 heterocycles. The highest BCUT2D eigenvalue weighted by Crippen LogP contribution is 2.14. The Bertz CT molecular complexity index is 406. The average molecular weight is 409 g/mol. The minimum atomic E-state index is 0.958. The molecular weight excluding hydrogens is 360 g/mol. The molecule has 0 saturated carbocycles. The fraction of sp³-hybridized carbons (Fsp3) is 1.00. The highest BCUT2D eigenvalue weighted by atomic mass is 15.3. The summed E-state index contributed by atoms with van der Waals surface area (Å²) in [5, 5.41) is 3.43. The first kappa shape index (κ1) is 23.4. The molecule has 4 aliphatic heterocycles. The summed E-state index contributed by atoms with van der Waals surface area (Å²) in [6.07, 6.45) is 6.98. The van der Waals surface area contributed by atoms with Gasteiger partial charge in [0.2, 0.25) is 0 Å². The summed E-state index contributed by atoms with van der Waals surface area (Å²) in [6, 6.07) is 0. The number of hydrogen-bond donors (Lipinski definition) is 1. The number of piperidine rings is 1. The zero-order valence-corrected chi connectivity index (χ0v) is 19.5. The van der Waals surface area contributed by atoms with Crippen LogP contribution < -0.4 is 5.32 Å². The largest absolute Gasteiger partial charge is 0.317 e. The normalized spacial score (nSPS) is 27.1. The van der Waals surface area contributed by atoms with Crippen LogP contribution in [0.2, 0.25) is 0 Å². The van der Waals surface area contributed by atoms with Gasteiger partial charge in [-0.15, -0.1) is 0 Å². The molecule has 0 spiro atoms. The molecule has 0 aromatic carbocycles. The Morgan fingerprint density at radius 2 is 1.10 bits per heavy atom. The van der Waals surface area contributed by atoms with Gasteiger partial charge in [-0.25, -0.2) is 0 Å². The number of nitrogens with zero attached hydrogens (tertiary/aromatic N) is 5. The summed E-state index contributed by atoms with van der Waals surface area (Å²) >= 11 is 0. The van der Waals surface area contributed by atoms with Gasteiger partial charge in [0, 0.05) is 58.9 Å². The van der Waals surface area contributed by atoms with E-state index in [2.05, 4.69) is 43.9 Å². The number of likely N-dealkylation sites (N-methyl/N-ethyl adjacent to an activating group) is 2. The molecule has 0 atom stereocenters. The van der Waals surface area contributed by atoms with Crippen molar-refractivity contribution in [2.75, 3.05) is 112 Å². The lowest BCUT2D eigenvalue weighted by molar-refractivity contribution is 0.127. The van der Waals surface area contributed by atoms with Crippen LogP contribution in [0.25, 0.3) is 0 Å². The summed E-state index contributed by atoms with van der Waals surface area (Å²) in [5.41, 5.74) is 0. The number of hydrogen-bond acceptors (Lipinski definition) is 6. The van der Waals surface area contributed by atoms with Gasteiger partial charge in [-0.1, -0.05) is 0 Å². The molecule has 6 heteroatoms. The quantitative estimate of drug-likeness (QED) is 0.704. The van der Waals surface area contributed by atoms with E-state index in [0.717, 1.165) is 5.92 Å². The van der Waals surface area contributed by atoms with Crippen LogP contribution in [-0.4, -0.2) is 137 Å². The van der Waals surface area contributed by atoms with Gasteiger partial charge in [0.1, 0.15) is 0 Å². The van der Waals surface area contributed by atoms with Gasteiger partial charge in [0.05, 0.1) is 0 Å². The molecule has 0 aromatic rings. The highest BCUT2D eigenvalue weighted by Gasteiger charge is 2.19. The maximum Gasteiger partial charge on any atom is 0.0110 e. The zero-order chi connectivity index (χ0) is 20.3. The van der Waals surface area contributed by atoms with E-state index >= 15 is 0 Å². The van der Waals surface area contributed by atoms with Crippen LogP contribution >= 0.6 is 0 Å². The molecule has 1 N–H and O–H groups in total. The van der Waals surface area contributed by atoms with Gasteiger partial charge in [-0.2, -0.15) is 0 Å². The number of nitrogens with one attached hydrogen (secondary N) is 1. The van der Waals surface area contributed by atoms with Crippen molar-refractivity contribution in [3.8, 4) is 0 Å². The summed E-state index contributed by atoms with van der Waals surface area (Å²) in [7, 11) is 4.45. The maximum absolute atomic E-state index is 3.43. The smallest absolute Gasteiger partial charge is 0.0110 e. The molecule has 0 aromatic heterocycles. The molecule has 4 fully saturated rings. The van der Waals surface area contributed by atoms with Crippen LogP contribution in [0.1, 0.15) is 32.1 Å². The van der Waals surface area contributed by atoms with Crippen LogP contribution in [0.5, 0.6) is 0 Å². The van der Waals surface area contributed by atoms with Gasteiger partial charge < -0.3 is 29.8 Å². The van der Waals surface area contributed by atoms with Gasteiger partial charge in [-0.3, -0.25) is 0 Å². The molecule has 6 nitrogen and oxygen atoms in total. The highest BCUT2D eigenvalue weighted by molar-refractivity contribution is 4.76. The Balaban J connectivity index is 0.000000166. The fourth-order valence-corrected chi connectivity index (χ4v) is 5.06. The second-order valence-corrected chi connectivity index (χ2v) is 9.84. The average Bonchev–Trinajstić information content (AvgIpc) is 3.26. The first-order valence-electron chi connectivity index (χ1n) is 12.4. The van der Waals surface area contributed by atoms with Gasteiger partial charge in [0.25, 0.3) is 0 Å². The van der Waals surface area contributed by atoms with Crippen molar-refractivity contribution in [1.82, 2.24) is 29.8 Å². The molecule has 29 heavy (non-hydrogen) atoms. The molecule has 4 rings (SSSR count). The molecule has 0 unspecified atom stereocenters. The van der Waals surface area contributed by atoms with E-state index < -0.39 is 0 Å². The third-order valence-corrected chi connectivity index (χ3v) is 7.31. The molecular formula is C23H48N6. The van der Waals surface area contributed by atoms with Crippen molar-refractivity contribution in [1.29, 1.82) is 0 Å². The van der Waals surface area contributed by atoms with Crippen molar-refractivity contribution in [2.45, 2.75) is 32.1 Å². The summed E-state index contributed by atoms with van der Waals surface area (Å²) < 4.78 is 0. The number of likely N-dealkylation sites (tertiary alicyclic amines) is 1. The van der Waals surface area contributed by atoms with Crippen LogP contribution in [0.15, 0.2) is 0 Å². The number of piperazine rings is 2. The summed E-state index contributed by atoms with van der Waals surface area (Å²) in [5.74, 6) is 0.958. The van der Waals surface area contributed by atoms with Gasteiger partial charge >= 0.3 is 0 Å². The lowest BCUT2D eigenvalue weighted by Crippen LogP contribution is -2.47. The van der Waals surface area contributed by atoms with E-state index in [0.29, 0.717) is 0 Å². The third-order valence-electron chi connectivity index (χ3n) is 7.31. The van der Waals surface area contributed by atoms with Crippen molar-refractivity contribution in [3.05, 3.63) is 0 Å². The molecule has 4 aliphatic rings. The first-order valence-corrected chi connectivity index (χ1v) is 12.4. The minimum Gasteiger partial charge on any atom is -0.317 e. The van der Waals surface area contributed by atoms with Crippen molar-refractivity contribution >= 4 is 0 Å². The first-order chi connectivity index (χ1) is 14.2. The predicted molar refractivity (Wildman–Crippen MR) is 124 cm³/mol. The third kappa shape index (κ3) is 9.19. The molecule has 0 bridgehead atoms. The van der Waals surface area contributed by atoms with Crippen LogP contribution in [0.3, 0.4) is 0 Å². The van der Waals surface area contributed by atoms with E-state index in [-0.39, 0.29) is 0 Å². The topological polar surface area (TPSA) is 28.2 Å². The zero-order valence-electron chi connectivity index (χ0n) is 19.5. The SMILES string of the molecule is CN1CCN(CC2CCNCC2)CC1.CN1CCN(CCCN2CCCC2)CC1. The fourth-order valence-electron chi connectivity index (χ4n) is 5.06. The predicted octanol–water partition coefficient (Wildman–Crippen LogP) is 0.953. The Labute approximate surface area is 180 Å². The Hall–Kier alpha value is -0.240. The summed E-state index contributed by atoms with van der Waals surface area (Å²) in [6.45, 7) is 19.3. The van der Waals surface area contributed by atoms with E-state index in [4.69, 9.17) is 0 Å². The van der Waals surface area contributed by atoms with E-state index in [1.54, 1.807) is 0 Å².